The number of likely N-dealkylation sites (tertiary alicyclic amines) is 1. The summed E-state index contributed by atoms with van der Waals surface area (Å²) in [5.74, 6) is 0.151. The van der Waals surface area contributed by atoms with E-state index in [1.165, 1.54) is 19.3 Å². The van der Waals surface area contributed by atoms with E-state index in [2.05, 4.69) is 31.7 Å². The van der Waals surface area contributed by atoms with Gasteiger partial charge in [0.25, 0.3) is 0 Å². The molecule has 0 saturated carbocycles. The number of phenols is 1. The molecule has 0 aliphatic carbocycles. The van der Waals surface area contributed by atoms with E-state index in [1.54, 1.807) is 0 Å². The molecular formula is C17H25NO2. The van der Waals surface area contributed by atoms with Gasteiger partial charge in [-0.05, 0) is 43.0 Å². The van der Waals surface area contributed by atoms with Crippen LogP contribution in [-0.4, -0.2) is 29.4 Å². The Bertz CT molecular complexity index is 482. The summed E-state index contributed by atoms with van der Waals surface area (Å²) >= 11 is 0. The van der Waals surface area contributed by atoms with Crippen molar-refractivity contribution in [3.8, 4) is 5.75 Å². The molecule has 0 radical (unpaired) electrons. The molecule has 0 amide bonds. The van der Waals surface area contributed by atoms with Gasteiger partial charge in [-0.3, -0.25) is 9.69 Å². The van der Waals surface area contributed by atoms with Gasteiger partial charge >= 0.3 is 0 Å². The van der Waals surface area contributed by atoms with Crippen molar-refractivity contribution in [2.45, 2.75) is 52.0 Å². The Morgan fingerprint density at radius 2 is 1.85 bits per heavy atom. The van der Waals surface area contributed by atoms with Crippen LogP contribution in [0.5, 0.6) is 5.75 Å². The van der Waals surface area contributed by atoms with Crippen LogP contribution in [0.25, 0.3) is 0 Å². The van der Waals surface area contributed by atoms with Crippen molar-refractivity contribution in [1.29, 1.82) is 0 Å². The molecular weight excluding hydrogens is 250 g/mol. The quantitative estimate of drug-likeness (QED) is 0.858. The first kappa shape index (κ1) is 15.0. The van der Waals surface area contributed by atoms with Gasteiger partial charge in [-0.2, -0.15) is 0 Å². The van der Waals surface area contributed by atoms with Crippen LogP contribution in [0.3, 0.4) is 0 Å². The average molecular weight is 275 g/mol. The molecule has 1 saturated heterocycles. The van der Waals surface area contributed by atoms with Crippen LogP contribution >= 0.6 is 0 Å². The number of aromatic hydroxyl groups is 1. The molecule has 20 heavy (non-hydrogen) atoms. The predicted octanol–water partition coefficient (Wildman–Crippen LogP) is 3.49. The predicted molar refractivity (Wildman–Crippen MR) is 81.3 cm³/mol. The van der Waals surface area contributed by atoms with Crippen molar-refractivity contribution in [1.82, 2.24) is 4.90 Å². The van der Waals surface area contributed by atoms with Gasteiger partial charge in [0.05, 0.1) is 5.56 Å². The lowest BCUT2D eigenvalue weighted by atomic mass is 9.84. The zero-order valence-electron chi connectivity index (χ0n) is 12.8. The normalized spacial score (nSPS) is 17.1. The highest BCUT2D eigenvalue weighted by atomic mass is 16.3. The van der Waals surface area contributed by atoms with E-state index in [0.29, 0.717) is 5.56 Å². The second-order valence-electron chi connectivity index (χ2n) is 6.78. The van der Waals surface area contributed by atoms with Crippen LogP contribution in [-0.2, 0) is 12.0 Å². The summed E-state index contributed by atoms with van der Waals surface area (Å²) in [4.78, 5) is 13.5. The van der Waals surface area contributed by atoms with Gasteiger partial charge in [-0.25, -0.2) is 0 Å². The molecule has 0 unspecified atom stereocenters. The first-order chi connectivity index (χ1) is 9.41. The number of benzene rings is 1. The Kier molecular flexibility index (Phi) is 4.48. The summed E-state index contributed by atoms with van der Waals surface area (Å²) in [7, 11) is 0. The fourth-order valence-electron chi connectivity index (χ4n) is 2.72. The SMILES string of the molecule is CC(C)(C)c1cc(C=O)c(O)c(CN2CCCCC2)c1. The molecule has 110 valence electrons. The molecule has 1 aromatic rings. The number of carbonyl (C=O) groups is 1. The highest BCUT2D eigenvalue weighted by molar-refractivity contribution is 5.80. The number of rotatable bonds is 3. The molecule has 0 atom stereocenters. The molecule has 1 fully saturated rings. The maximum atomic E-state index is 11.2. The van der Waals surface area contributed by atoms with E-state index >= 15 is 0 Å². The van der Waals surface area contributed by atoms with Crippen molar-refractivity contribution in [3.63, 3.8) is 0 Å². The molecule has 1 N–H and O–H groups in total. The van der Waals surface area contributed by atoms with Crippen LogP contribution in [0.15, 0.2) is 12.1 Å². The number of hydrogen-bond acceptors (Lipinski definition) is 3. The number of piperidine rings is 1. The van der Waals surface area contributed by atoms with Gasteiger partial charge in [0.1, 0.15) is 5.75 Å². The summed E-state index contributed by atoms with van der Waals surface area (Å²) in [5, 5.41) is 10.3. The maximum absolute atomic E-state index is 11.2. The minimum absolute atomic E-state index is 0.0257. The van der Waals surface area contributed by atoms with Crippen molar-refractivity contribution < 1.29 is 9.90 Å². The molecule has 1 aromatic carbocycles. The monoisotopic (exact) mass is 275 g/mol. The Hall–Kier alpha value is -1.35. The standard InChI is InChI=1S/C17H25NO2/c1-17(2,3)15-9-13(16(20)14(10-15)12-19)11-18-7-5-4-6-8-18/h9-10,12,20H,4-8,11H2,1-3H3. The zero-order chi connectivity index (χ0) is 14.8. The Balaban J connectivity index is 2.32. The average Bonchev–Trinajstić information content (AvgIpc) is 2.41. The minimum Gasteiger partial charge on any atom is -0.507 e. The van der Waals surface area contributed by atoms with Crippen LogP contribution in [0.4, 0.5) is 0 Å². The Morgan fingerprint density at radius 1 is 1.20 bits per heavy atom. The molecule has 3 nitrogen and oxygen atoms in total. The van der Waals surface area contributed by atoms with Crippen LogP contribution in [0.1, 0.15) is 61.5 Å². The van der Waals surface area contributed by atoms with Crippen molar-refractivity contribution >= 4 is 6.29 Å². The fourth-order valence-corrected chi connectivity index (χ4v) is 2.72. The van der Waals surface area contributed by atoms with Crippen LogP contribution in [0, 0.1) is 0 Å². The third-order valence-electron chi connectivity index (χ3n) is 4.05. The molecule has 2 rings (SSSR count). The minimum atomic E-state index is -0.0257. The summed E-state index contributed by atoms with van der Waals surface area (Å²) < 4.78 is 0. The van der Waals surface area contributed by atoms with Gasteiger partial charge in [-0.1, -0.05) is 33.3 Å². The van der Waals surface area contributed by atoms with Gasteiger partial charge in [-0.15, -0.1) is 0 Å². The number of hydrogen-bond donors (Lipinski definition) is 1. The molecule has 0 aromatic heterocycles. The van der Waals surface area contributed by atoms with Crippen LogP contribution in [0.2, 0.25) is 0 Å². The summed E-state index contributed by atoms with van der Waals surface area (Å²) in [6.07, 6.45) is 4.49. The first-order valence-electron chi connectivity index (χ1n) is 7.45. The lowest BCUT2D eigenvalue weighted by molar-refractivity contribution is 0.112. The zero-order valence-corrected chi connectivity index (χ0v) is 12.8. The Labute approximate surface area is 121 Å². The van der Waals surface area contributed by atoms with Gasteiger partial charge in [0.2, 0.25) is 0 Å². The number of phenolic OH excluding ortho intramolecular Hbond substituents is 1. The number of nitrogens with zero attached hydrogens (tertiary/aromatic N) is 1. The number of aldehydes is 1. The smallest absolute Gasteiger partial charge is 0.153 e. The van der Waals surface area contributed by atoms with E-state index in [-0.39, 0.29) is 11.2 Å². The first-order valence-corrected chi connectivity index (χ1v) is 7.45. The summed E-state index contributed by atoms with van der Waals surface area (Å²) in [6, 6.07) is 3.86. The lowest BCUT2D eigenvalue weighted by Crippen LogP contribution is -2.29. The van der Waals surface area contributed by atoms with E-state index in [4.69, 9.17) is 0 Å². The second-order valence-corrected chi connectivity index (χ2v) is 6.78. The fraction of sp³-hybridized carbons (Fsp3) is 0.588. The third kappa shape index (κ3) is 3.40. The third-order valence-corrected chi connectivity index (χ3v) is 4.05. The van der Waals surface area contributed by atoms with Gasteiger partial charge in [0.15, 0.2) is 6.29 Å². The summed E-state index contributed by atoms with van der Waals surface area (Å²) in [5.41, 5.74) is 2.36. The summed E-state index contributed by atoms with van der Waals surface area (Å²) in [6.45, 7) is 9.26. The number of carbonyl (C=O) groups excluding carboxylic acids is 1. The Morgan fingerprint density at radius 3 is 2.40 bits per heavy atom. The van der Waals surface area contributed by atoms with Crippen molar-refractivity contribution in [3.05, 3.63) is 28.8 Å². The molecule has 0 bridgehead atoms. The molecule has 0 spiro atoms. The molecule has 1 aliphatic heterocycles. The molecule has 3 heteroatoms. The van der Waals surface area contributed by atoms with Gasteiger partial charge in [0, 0.05) is 12.1 Å². The van der Waals surface area contributed by atoms with E-state index < -0.39 is 0 Å². The highest BCUT2D eigenvalue weighted by Gasteiger charge is 2.20. The molecule has 1 heterocycles. The van der Waals surface area contributed by atoms with Crippen molar-refractivity contribution in [2.24, 2.45) is 0 Å². The van der Waals surface area contributed by atoms with E-state index in [9.17, 15) is 9.90 Å². The van der Waals surface area contributed by atoms with Gasteiger partial charge < -0.3 is 5.11 Å². The van der Waals surface area contributed by atoms with Crippen molar-refractivity contribution in [2.75, 3.05) is 13.1 Å². The lowest BCUT2D eigenvalue weighted by Gasteiger charge is -2.28. The molecule has 1 aliphatic rings. The second kappa shape index (κ2) is 5.96. The van der Waals surface area contributed by atoms with Crippen LogP contribution < -0.4 is 0 Å². The maximum Gasteiger partial charge on any atom is 0.153 e. The largest absolute Gasteiger partial charge is 0.507 e. The van der Waals surface area contributed by atoms with E-state index in [1.807, 2.05) is 6.07 Å². The highest BCUT2D eigenvalue weighted by Crippen LogP contribution is 2.31. The topological polar surface area (TPSA) is 40.5 Å². The van der Waals surface area contributed by atoms with E-state index in [0.717, 1.165) is 37.0 Å².